The maximum atomic E-state index is 9.06. The number of aliphatic hydroxyl groups is 4. The van der Waals surface area contributed by atoms with E-state index in [1.165, 1.54) is 0 Å². The summed E-state index contributed by atoms with van der Waals surface area (Å²) in [4.78, 5) is 0. The Hall–Kier alpha value is -1.06. The number of benzene rings is 2. The van der Waals surface area contributed by atoms with Gasteiger partial charge in [-0.25, -0.2) is 0 Å². The van der Waals surface area contributed by atoms with Crippen molar-refractivity contribution in [1.82, 2.24) is 10.6 Å². The molecule has 2 rings (SSSR count). The number of rotatable bonds is 14. The normalized spacial score (nSPS) is 12.4. The fourth-order valence-corrected chi connectivity index (χ4v) is 3.87. The zero-order valence-corrected chi connectivity index (χ0v) is 22.6. The van der Waals surface area contributed by atoms with E-state index < -0.39 is 0 Å². The van der Waals surface area contributed by atoms with Crippen molar-refractivity contribution in [3.05, 3.63) is 58.7 Å². The molecule has 0 aliphatic heterocycles. The van der Waals surface area contributed by atoms with E-state index in [1.54, 1.807) is 36.4 Å². The molecule has 0 saturated carbocycles. The summed E-state index contributed by atoms with van der Waals surface area (Å²) >= 11 is 10.1. The van der Waals surface area contributed by atoms with Gasteiger partial charge >= 0.3 is 0 Å². The van der Waals surface area contributed by atoms with Crippen molar-refractivity contribution in [1.29, 1.82) is 0 Å². The van der Waals surface area contributed by atoms with Crippen LogP contribution in [0.3, 0.4) is 0 Å². The standard InChI is InChI=1S/2C11H17NO3S2/c2*1-17(16)8-12-7-15-11-3-9(5-13)2-10(4-11)6-14/h2*2-4,12-14H,5-8H2,1H3. The number of nitrogens with one attached hydrogen (secondary N) is 2. The second-order valence-corrected chi connectivity index (χ2v) is 13.4. The minimum absolute atomic E-state index is 0.0673. The van der Waals surface area contributed by atoms with Gasteiger partial charge in [-0.3, -0.25) is 10.6 Å². The lowest BCUT2D eigenvalue weighted by atomic mass is 10.1. The summed E-state index contributed by atoms with van der Waals surface area (Å²) in [5, 5.41) is 42.4. The highest BCUT2D eigenvalue weighted by molar-refractivity contribution is 8.28. The summed E-state index contributed by atoms with van der Waals surface area (Å²) in [5.41, 5.74) is 2.91. The molecule has 0 aliphatic rings. The fourth-order valence-electron chi connectivity index (χ4n) is 2.63. The number of hydrogen-bond donors (Lipinski definition) is 6. The first-order valence-electron chi connectivity index (χ1n) is 10.3. The third-order valence-corrected chi connectivity index (χ3v) is 6.00. The Bertz CT molecular complexity index is 799. The third-order valence-electron chi connectivity index (χ3n) is 4.07. The molecule has 2 aromatic carbocycles. The lowest BCUT2D eigenvalue weighted by Gasteiger charge is -2.10. The monoisotopic (exact) mass is 550 g/mol. The molecule has 6 N–H and O–H groups in total. The zero-order chi connectivity index (χ0) is 25.3. The van der Waals surface area contributed by atoms with E-state index in [4.69, 9.17) is 52.3 Å². The largest absolute Gasteiger partial charge is 0.478 e. The molecular formula is C22H34N2O6S4. The van der Waals surface area contributed by atoms with E-state index in [0.29, 0.717) is 25.0 Å². The van der Waals surface area contributed by atoms with Crippen molar-refractivity contribution in [2.24, 2.45) is 0 Å². The predicted molar refractivity (Wildman–Crippen MR) is 145 cm³/mol. The van der Waals surface area contributed by atoms with Crippen LogP contribution in [0, 0.1) is 0 Å². The predicted octanol–water partition coefficient (Wildman–Crippen LogP) is 0.529. The molecule has 2 atom stereocenters. The van der Waals surface area contributed by atoms with Gasteiger partial charge in [0.15, 0.2) is 0 Å². The van der Waals surface area contributed by atoms with Crippen LogP contribution < -0.4 is 20.1 Å². The molecule has 0 spiro atoms. The molecule has 2 unspecified atom stereocenters. The van der Waals surface area contributed by atoms with Crippen LogP contribution in [0.1, 0.15) is 22.3 Å². The third kappa shape index (κ3) is 13.7. The maximum absolute atomic E-state index is 9.06. The van der Waals surface area contributed by atoms with Crippen molar-refractivity contribution in [3.8, 4) is 11.5 Å². The van der Waals surface area contributed by atoms with Gasteiger partial charge < -0.3 is 29.9 Å². The Balaban J connectivity index is 0.000000340. The SMILES string of the molecule is CS(=S)CNCOc1cc(CO)cc(CO)c1.CS(=S)CNCOc1cc(CO)cc(CO)c1. The molecule has 8 nitrogen and oxygen atoms in total. The molecule has 0 amide bonds. The first-order valence-corrected chi connectivity index (χ1v) is 15.7. The van der Waals surface area contributed by atoms with Gasteiger partial charge in [0.2, 0.25) is 0 Å². The molecular weight excluding hydrogens is 517 g/mol. The van der Waals surface area contributed by atoms with Crippen LogP contribution in [0.25, 0.3) is 0 Å². The van der Waals surface area contributed by atoms with E-state index in [0.717, 1.165) is 34.0 Å². The molecule has 0 saturated heterocycles. The van der Waals surface area contributed by atoms with Gasteiger partial charge in [0.25, 0.3) is 0 Å². The van der Waals surface area contributed by atoms with Gasteiger partial charge in [0.1, 0.15) is 25.0 Å². The molecule has 12 heteroatoms. The van der Waals surface area contributed by atoms with Crippen LogP contribution in [0.4, 0.5) is 0 Å². The summed E-state index contributed by atoms with van der Waals surface area (Å²) in [6, 6.07) is 10.5. The highest BCUT2D eigenvalue weighted by Crippen LogP contribution is 2.18. The van der Waals surface area contributed by atoms with Crippen molar-refractivity contribution in [3.63, 3.8) is 0 Å². The van der Waals surface area contributed by atoms with Crippen LogP contribution in [0.5, 0.6) is 11.5 Å². The number of aliphatic hydroxyl groups excluding tert-OH is 4. The van der Waals surface area contributed by atoms with Crippen LogP contribution in [-0.2, 0) is 67.7 Å². The van der Waals surface area contributed by atoms with E-state index >= 15 is 0 Å². The van der Waals surface area contributed by atoms with Gasteiger partial charge in [0, 0.05) is 11.8 Å². The minimum atomic E-state index is -0.0732. The Morgan fingerprint density at radius 1 is 0.618 bits per heavy atom. The lowest BCUT2D eigenvalue weighted by Crippen LogP contribution is -2.23. The summed E-state index contributed by atoms with van der Waals surface area (Å²) in [6.45, 7) is 0.469. The van der Waals surface area contributed by atoms with E-state index in [-0.39, 0.29) is 45.3 Å². The highest BCUT2D eigenvalue weighted by atomic mass is 32.8. The van der Waals surface area contributed by atoms with Crippen molar-refractivity contribution < 1.29 is 29.9 Å². The van der Waals surface area contributed by atoms with Gasteiger partial charge in [-0.05, 0) is 59.0 Å². The summed E-state index contributed by atoms with van der Waals surface area (Å²) in [5.74, 6) is 2.74. The van der Waals surface area contributed by atoms with Crippen LogP contribution in [0.2, 0.25) is 0 Å². The zero-order valence-electron chi connectivity index (χ0n) is 19.4. The molecule has 0 bridgehead atoms. The van der Waals surface area contributed by atoms with E-state index in [2.05, 4.69) is 10.6 Å². The van der Waals surface area contributed by atoms with Crippen molar-refractivity contribution >= 4 is 41.3 Å². The Kier molecular flexibility index (Phi) is 16.6. The molecule has 0 aliphatic carbocycles. The molecule has 0 fully saturated rings. The van der Waals surface area contributed by atoms with Gasteiger partial charge in [-0.15, -0.1) is 18.9 Å². The average molecular weight is 551 g/mol. The smallest absolute Gasteiger partial charge is 0.140 e. The second kappa shape index (κ2) is 18.2. The minimum Gasteiger partial charge on any atom is -0.478 e. The first kappa shape index (κ1) is 31.0. The topological polar surface area (TPSA) is 123 Å². The maximum Gasteiger partial charge on any atom is 0.140 e. The summed E-state index contributed by atoms with van der Waals surface area (Å²) < 4.78 is 10.9. The van der Waals surface area contributed by atoms with Crippen molar-refractivity contribution in [2.45, 2.75) is 26.4 Å². The quantitative estimate of drug-likeness (QED) is 0.147. The van der Waals surface area contributed by atoms with E-state index in [9.17, 15) is 0 Å². The average Bonchev–Trinajstić information content (AvgIpc) is 2.84. The Morgan fingerprint density at radius 2 is 0.912 bits per heavy atom. The van der Waals surface area contributed by atoms with Gasteiger partial charge in [-0.1, -0.05) is 34.5 Å². The first-order chi connectivity index (χ1) is 16.3. The summed E-state index contributed by atoms with van der Waals surface area (Å²) in [7, 11) is -0.146. The number of hydrogen-bond acceptors (Lipinski definition) is 10. The van der Waals surface area contributed by atoms with Gasteiger partial charge in [0.05, 0.1) is 26.4 Å². The highest BCUT2D eigenvalue weighted by Gasteiger charge is 2.02. The Morgan fingerprint density at radius 3 is 1.15 bits per heavy atom. The van der Waals surface area contributed by atoms with Crippen LogP contribution >= 0.6 is 0 Å². The molecule has 0 aromatic heterocycles. The fraction of sp³-hybridized carbons (Fsp3) is 0.455. The van der Waals surface area contributed by atoms with E-state index in [1.807, 2.05) is 12.5 Å². The second-order valence-electron chi connectivity index (χ2n) is 7.12. The van der Waals surface area contributed by atoms with Gasteiger partial charge in [-0.2, -0.15) is 0 Å². The number of ether oxygens (including phenoxy) is 2. The molecule has 192 valence electrons. The van der Waals surface area contributed by atoms with Crippen LogP contribution in [-0.4, -0.2) is 58.2 Å². The molecule has 34 heavy (non-hydrogen) atoms. The molecule has 0 radical (unpaired) electrons. The molecule has 0 heterocycles. The van der Waals surface area contributed by atoms with Crippen LogP contribution in [0.15, 0.2) is 36.4 Å². The summed E-state index contributed by atoms with van der Waals surface area (Å²) in [6.07, 6.45) is 3.94. The molecule has 2 aromatic rings. The lowest BCUT2D eigenvalue weighted by molar-refractivity contribution is 0.267. The van der Waals surface area contributed by atoms with Crippen molar-refractivity contribution in [2.75, 3.05) is 37.7 Å². The Labute approximate surface area is 215 Å².